The number of carbonyl (C=O) groups excluding carboxylic acids is 1. The topological polar surface area (TPSA) is 24.8 Å². The summed E-state index contributed by atoms with van der Waals surface area (Å²) in [6.07, 6.45) is 12.7. The highest BCUT2D eigenvalue weighted by Gasteiger charge is 2.38. The molecule has 0 aromatic carbocycles. The van der Waals surface area contributed by atoms with Crippen LogP contribution in [-0.2, 0) is 4.79 Å². The van der Waals surface area contributed by atoms with Crippen molar-refractivity contribution < 1.29 is 9.69 Å². The molecule has 3 heteroatoms. The van der Waals surface area contributed by atoms with Crippen LogP contribution in [0.4, 0.5) is 0 Å². The Morgan fingerprint density at radius 2 is 1.71 bits per heavy atom. The highest BCUT2D eigenvalue weighted by molar-refractivity contribution is 5.79. The van der Waals surface area contributed by atoms with Crippen molar-refractivity contribution in [3.63, 3.8) is 0 Å². The van der Waals surface area contributed by atoms with E-state index in [0.717, 1.165) is 25.3 Å². The molecule has 0 spiro atoms. The first-order valence-electron chi connectivity index (χ1n) is 9.37. The van der Waals surface area contributed by atoms with Crippen LogP contribution in [0.1, 0.15) is 64.2 Å². The van der Waals surface area contributed by atoms with Gasteiger partial charge in [0.05, 0.1) is 20.1 Å². The second-order valence-corrected chi connectivity index (χ2v) is 7.74. The molecule has 21 heavy (non-hydrogen) atoms. The van der Waals surface area contributed by atoms with Crippen LogP contribution < -0.4 is 4.90 Å². The third-order valence-corrected chi connectivity index (χ3v) is 6.12. The van der Waals surface area contributed by atoms with Gasteiger partial charge in [0.15, 0.2) is 0 Å². The number of hydrogen-bond donors (Lipinski definition) is 1. The van der Waals surface area contributed by atoms with Gasteiger partial charge in [0.2, 0.25) is 5.91 Å². The summed E-state index contributed by atoms with van der Waals surface area (Å²) in [7, 11) is 2.32. The van der Waals surface area contributed by atoms with E-state index in [1.54, 1.807) is 4.90 Å². The van der Waals surface area contributed by atoms with E-state index < -0.39 is 0 Å². The lowest BCUT2D eigenvalue weighted by molar-refractivity contribution is -0.889. The van der Waals surface area contributed by atoms with Gasteiger partial charge in [-0.15, -0.1) is 0 Å². The lowest BCUT2D eigenvalue weighted by Gasteiger charge is -2.44. The molecular formula is C18H33N2O+. The van der Waals surface area contributed by atoms with Crippen molar-refractivity contribution in [2.24, 2.45) is 11.8 Å². The van der Waals surface area contributed by atoms with E-state index in [0.29, 0.717) is 17.9 Å². The summed E-state index contributed by atoms with van der Waals surface area (Å²) < 4.78 is 0. The van der Waals surface area contributed by atoms with Gasteiger partial charge in [-0.3, -0.25) is 4.79 Å². The summed E-state index contributed by atoms with van der Waals surface area (Å²) in [4.78, 5) is 17.0. The fourth-order valence-electron chi connectivity index (χ4n) is 4.95. The Morgan fingerprint density at radius 3 is 2.48 bits per heavy atom. The van der Waals surface area contributed by atoms with E-state index in [2.05, 4.69) is 11.9 Å². The SMILES string of the molecule is C[NH+]1CCCC([C@@H]2CCCCN2C(=O)C2CCCCC2)C1. The molecule has 1 amide bonds. The Hall–Kier alpha value is -0.570. The number of quaternary nitrogens is 1. The van der Waals surface area contributed by atoms with Crippen LogP contribution >= 0.6 is 0 Å². The number of nitrogens with one attached hydrogen (secondary N) is 1. The van der Waals surface area contributed by atoms with Crippen LogP contribution in [0.2, 0.25) is 0 Å². The zero-order chi connectivity index (χ0) is 14.7. The summed E-state index contributed by atoms with van der Waals surface area (Å²) in [5.41, 5.74) is 0. The van der Waals surface area contributed by atoms with E-state index in [-0.39, 0.29) is 0 Å². The molecule has 2 aliphatic heterocycles. The second kappa shape index (κ2) is 7.13. The largest absolute Gasteiger partial charge is 0.339 e. The van der Waals surface area contributed by atoms with Crippen molar-refractivity contribution in [1.82, 2.24) is 4.90 Å². The van der Waals surface area contributed by atoms with Crippen LogP contribution in [0.3, 0.4) is 0 Å². The minimum Gasteiger partial charge on any atom is -0.339 e. The first-order valence-corrected chi connectivity index (χ1v) is 9.37. The fraction of sp³-hybridized carbons (Fsp3) is 0.944. The second-order valence-electron chi connectivity index (χ2n) is 7.74. The standard InChI is InChI=1S/C18H32N2O/c1-19-12-7-10-16(14-19)17-11-5-6-13-20(17)18(21)15-8-3-2-4-9-15/h15-17H,2-14H2,1H3/p+1/t16?,17-/m0/s1. The zero-order valence-electron chi connectivity index (χ0n) is 13.8. The molecule has 2 unspecified atom stereocenters. The third-order valence-electron chi connectivity index (χ3n) is 6.12. The van der Waals surface area contributed by atoms with Gasteiger partial charge >= 0.3 is 0 Å². The molecule has 0 aromatic rings. The van der Waals surface area contributed by atoms with Crippen LogP contribution in [0.25, 0.3) is 0 Å². The highest BCUT2D eigenvalue weighted by atomic mass is 16.2. The van der Waals surface area contributed by atoms with Crippen molar-refractivity contribution in [3.05, 3.63) is 0 Å². The van der Waals surface area contributed by atoms with Crippen LogP contribution in [-0.4, -0.2) is 43.5 Å². The van der Waals surface area contributed by atoms with Crippen molar-refractivity contribution in [2.45, 2.75) is 70.3 Å². The van der Waals surface area contributed by atoms with Gasteiger partial charge in [0, 0.05) is 24.4 Å². The minimum atomic E-state index is 0.355. The summed E-state index contributed by atoms with van der Waals surface area (Å²) in [6, 6.07) is 0.559. The average molecular weight is 293 g/mol. The van der Waals surface area contributed by atoms with E-state index >= 15 is 0 Å². The van der Waals surface area contributed by atoms with Crippen LogP contribution in [0, 0.1) is 11.8 Å². The molecule has 2 heterocycles. The smallest absolute Gasteiger partial charge is 0.225 e. The molecule has 0 bridgehead atoms. The molecule has 3 aliphatic rings. The van der Waals surface area contributed by atoms with Gasteiger partial charge < -0.3 is 9.80 Å². The highest BCUT2D eigenvalue weighted by Crippen LogP contribution is 2.31. The molecule has 3 nitrogen and oxygen atoms in total. The normalized spacial score (nSPS) is 35.7. The van der Waals surface area contributed by atoms with E-state index in [4.69, 9.17) is 0 Å². The summed E-state index contributed by atoms with van der Waals surface area (Å²) in [5, 5.41) is 0. The molecule has 0 aromatic heterocycles. The Kier molecular flexibility index (Phi) is 5.20. The third kappa shape index (κ3) is 3.61. The lowest BCUT2D eigenvalue weighted by atomic mass is 9.82. The fourth-order valence-corrected chi connectivity index (χ4v) is 4.95. The number of rotatable bonds is 2. The van der Waals surface area contributed by atoms with E-state index in [9.17, 15) is 4.79 Å². The predicted octanol–water partition coefficient (Wildman–Crippen LogP) is 1.87. The van der Waals surface area contributed by atoms with Crippen molar-refractivity contribution in [1.29, 1.82) is 0 Å². The zero-order valence-corrected chi connectivity index (χ0v) is 13.8. The summed E-state index contributed by atoms with van der Waals surface area (Å²) in [6.45, 7) is 3.63. The maximum atomic E-state index is 13.0. The Morgan fingerprint density at radius 1 is 0.952 bits per heavy atom. The number of likely N-dealkylation sites (tertiary alicyclic amines) is 2. The van der Waals surface area contributed by atoms with Crippen LogP contribution in [0.15, 0.2) is 0 Å². The van der Waals surface area contributed by atoms with Gasteiger partial charge in [-0.1, -0.05) is 19.3 Å². The lowest BCUT2D eigenvalue weighted by Crippen LogP contribution is -3.11. The number of carbonyl (C=O) groups is 1. The van der Waals surface area contributed by atoms with Gasteiger partial charge in [0.1, 0.15) is 0 Å². The number of nitrogens with zero attached hydrogens (tertiary/aromatic N) is 1. The molecule has 1 N–H and O–H groups in total. The van der Waals surface area contributed by atoms with Gasteiger partial charge in [0.25, 0.3) is 0 Å². The Labute approximate surface area is 130 Å². The molecule has 3 atom stereocenters. The summed E-state index contributed by atoms with van der Waals surface area (Å²) in [5.74, 6) is 1.63. The Balaban J connectivity index is 1.66. The van der Waals surface area contributed by atoms with Crippen LogP contribution in [0.5, 0.6) is 0 Å². The first kappa shape index (κ1) is 15.3. The van der Waals surface area contributed by atoms with E-state index in [1.165, 1.54) is 64.5 Å². The molecular weight excluding hydrogens is 260 g/mol. The van der Waals surface area contributed by atoms with Gasteiger partial charge in [-0.25, -0.2) is 0 Å². The van der Waals surface area contributed by atoms with Crippen molar-refractivity contribution in [3.8, 4) is 0 Å². The molecule has 120 valence electrons. The molecule has 3 fully saturated rings. The predicted molar refractivity (Wildman–Crippen MR) is 85.3 cm³/mol. The monoisotopic (exact) mass is 293 g/mol. The van der Waals surface area contributed by atoms with Gasteiger partial charge in [-0.05, 0) is 44.9 Å². The number of hydrogen-bond acceptors (Lipinski definition) is 1. The van der Waals surface area contributed by atoms with Crippen molar-refractivity contribution >= 4 is 5.91 Å². The summed E-state index contributed by atoms with van der Waals surface area (Å²) >= 11 is 0. The minimum absolute atomic E-state index is 0.355. The molecule has 1 saturated carbocycles. The molecule has 3 rings (SSSR count). The quantitative estimate of drug-likeness (QED) is 0.826. The van der Waals surface area contributed by atoms with Gasteiger partial charge in [-0.2, -0.15) is 0 Å². The number of piperidine rings is 2. The van der Waals surface area contributed by atoms with E-state index in [1.807, 2.05) is 0 Å². The molecule has 1 aliphatic carbocycles. The first-order chi connectivity index (χ1) is 10.3. The maximum absolute atomic E-state index is 13.0. The average Bonchev–Trinajstić information content (AvgIpc) is 2.55. The maximum Gasteiger partial charge on any atom is 0.225 e. The molecule has 2 saturated heterocycles. The molecule has 0 radical (unpaired) electrons. The van der Waals surface area contributed by atoms with Crippen molar-refractivity contribution in [2.75, 3.05) is 26.7 Å². The Bertz CT molecular complexity index is 351. The number of amides is 1.